The maximum atomic E-state index is 13.4. The number of hydrogen-bond acceptors (Lipinski definition) is 4. The highest BCUT2D eigenvalue weighted by atomic mass is 16.6. The molecular weight excluding hydrogens is 332 g/mol. The zero-order valence-electron chi connectivity index (χ0n) is 14.9. The second-order valence-corrected chi connectivity index (χ2v) is 7.53. The predicted molar refractivity (Wildman–Crippen MR) is 98.0 cm³/mol. The Morgan fingerprint density at radius 1 is 1.42 bits per heavy atom. The number of aromatic nitrogens is 1. The van der Waals surface area contributed by atoms with Gasteiger partial charge < -0.3 is 24.9 Å². The Bertz CT molecular complexity index is 855. The van der Waals surface area contributed by atoms with E-state index in [0.717, 1.165) is 11.2 Å². The number of hydroxylamine groups is 3. The van der Waals surface area contributed by atoms with Crippen LogP contribution >= 0.6 is 0 Å². The molecule has 0 saturated carbocycles. The number of hydrogen-bond donors (Lipinski definition) is 1. The molecule has 1 unspecified atom stereocenters. The van der Waals surface area contributed by atoms with Crippen LogP contribution < -0.4 is 9.47 Å². The van der Waals surface area contributed by atoms with Crippen LogP contribution in [0.2, 0.25) is 0 Å². The molecule has 5 rings (SSSR count). The summed E-state index contributed by atoms with van der Waals surface area (Å²) in [7, 11) is 1.56. The SMILES string of the molecule is C=C[C@H]1C[N+]2([O-])CC[C@H]1C[C@H]2[C@H](O)c1cc[n+]([O-])c2ccc(OC)cc12. The Balaban J connectivity index is 1.76. The third-order valence-corrected chi connectivity index (χ3v) is 6.28. The normalized spacial score (nSPS) is 31.7. The maximum absolute atomic E-state index is 13.4. The topological polar surface area (TPSA) is 79.5 Å². The van der Waals surface area contributed by atoms with Crippen molar-refractivity contribution >= 4 is 10.9 Å². The molecule has 1 aromatic heterocycles. The van der Waals surface area contributed by atoms with Crippen molar-refractivity contribution in [3.63, 3.8) is 0 Å². The van der Waals surface area contributed by atoms with Crippen molar-refractivity contribution < 1.29 is 19.2 Å². The molecule has 3 aliphatic rings. The summed E-state index contributed by atoms with van der Waals surface area (Å²) in [5, 5.41) is 37.3. The summed E-state index contributed by atoms with van der Waals surface area (Å²) in [6.45, 7) is 4.88. The molecule has 4 heterocycles. The first-order chi connectivity index (χ1) is 12.5. The van der Waals surface area contributed by atoms with Gasteiger partial charge in [0.15, 0.2) is 6.20 Å². The van der Waals surface area contributed by atoms with Crippen LogP contribution in [-0.4, -0.2) is 36.0 Å². The van der Waals surface area contributed by atoms with Gasteiger partial charge in [0.25, 0.3) is 0 Å². The molecule has 138 valence electrons. The van der Waals surface area contributed by atoms with Gasteiger partial charge in [-0.1, -0.05) is 6.08 Å². The van der Waals surface area contributed by atoms with E-state index in [-0.39, 0.29) is 10.6 Å². The lowest BCUT2D eigenvalue weighted by atomic mass is 9.73. The van der Waals surface area contributed by atoms with Gasteiger partial charge in [-0.05, 0) is 18.1 Å². The lowest BCUT2D eigenvalue weighted by Gasteiger charge is -2.60. The highest BCUT2D eigenvalue weighted by Gasteiger charge is 2.49. The summed E-state index contributed by atoms with van der Waals surface area (Å²) in [5.41, 5.74) is 1.08. The molecule has 2 aromatic rings. The van der Waals surface area contributed by atoms with Gasteiger partial charge in [-0.25, -0.2) is 0 Å². The van der Waals surface area contributed by atoms with Gasteiger partial charge in [-0.15, -0.1) is 6.58 Å². The second-order valence-electron chi connectivity index (χ2n) is 7.53. The molecule has 5 atom stereocenters. The molecule has 3 aliphatic heterocycles. The molecule has 0 aliphatic carbocycles. The van der Waals surface area contributed by atoms with Gasteiger partial charge in [0.05, 0.1) is 25.6 Å². The number of rotatable bonds is 4. The van der Waals surface area contributed by atoms with E-state index >= 15 is 0 Å². The molecule has 0 amide bonds. The first-order valence-corrected chi connectivity index (χ1v) is 9.05. The lowest BCUT2D eigenvalue weighted by Crippen LogP contribution is -2.65. The highest BCUT2D eigenvalue weighted by Crippen LogP contribution is 2.46. The van der Waals surface area contributed by atoms with E-state index in [1.165, 1.54) is 6.20 Å². The fraction of sp³-hybridized carbons (Fsp3) is 0.450. The molecule has 0 radical (unpaired) electrons. The van der Waals surface area contributed by atoms with Crippen molar-refractivity contribution in [2.45, 2.75) is 25.0 Å². The summed E-state index contributed by atoms with van der Waals surface area (Å²) in [4.78, 5) is 0. The fourth-order valence-corrected chi connectivity index (χ4v) is 4.79. The Hall–Kier alpha value is -2.15. The number of quaternary nitrogens is 1. The first kappa shape index (κ1) is 17.3. The minimum atomic E-state index is -0.920. The van der Waals surface area contributed by atoms with Crippen LogP contribution in [0, 0.1) is 22.3 Å². The number of fused-ring (bicyclic) bond motifs is 4. The van der Waals surface area contributed by atoms with Crippen LogP contribution in [0.3, 0.4) is 0 Å². The Labute approximate surface area is 152 Å². The number of aliphatic hydroxyl groups excluding tert-OH is 1. The zero-order valence-corrected chi connectivity index (χ0v) is 14.9. The van der Waals surface area contributed by atoms with E-state index in [1.54, 1.807) is 31.4 Å². The van der Waals surface area contributed by atoms with Crippen molar-refractivity contribution in [1.29, 1.82) is 0 Å². The summed E-state index contributed by atoms with van der Waals surface area (Å²) in [6.07, 6.45) is 3.93. The molecule has 3 fully saturated rings. The summed E-state index contributed by atoms with van der Waals surface area (Å²) in [6, 6.07) is 6.36. The van der Waals surface area contributed by atoms with Crippen LogP contribution in [0.15, 0.2) is 43.1 Å². The minimum absolute atomic E-state index is 0.223. The Morgan fingerprint density at radius 3 is 2.92 bits per heavy atom. The first-order valence-electron chi connectivity index (χ1n) is 9.05. The number of benzene rings is 1. The summed E-state index contributed by atoms with van der Waals surface area (Å²) >= 11 is 0. The van der Waals surface area contributed by atoms with Gasteiger partial charge in [-0.3, -0.25) is 0 Å². The number of nitrogens with zero attached hydrogens (tertiary/aromatic N) is 2. The van der Waals surface area contributed by atoms with Crippen molar-refractivity contribution in [3.8, 4) is 5.75 Å². The number of aliphatic hydroxyl groups is 1. The molecule has 1 aromatic carbocycles. The Kier molecular flexibility index (Phi) is 4.14. The number of pyridine rings is 1. The van der Waals surface area contributed by atoms with E-state index in [9.17, 15) is 15.5 Å². The molecule has 6 heteroatoms. The van der Waals surface area contributed by atoms with E-state index in [0.29, 0.717) is 47.6 Å². The van der Waals surface area contributed by atoms with Crippen molar-refractivity contribution in [3.05, 3.63) is 59.1 Å². The van der Waals surface area contributed by atoms with E-state index in [2.05, 4.69) is 6.58 Å². The summed E-state index contributed by atoms with van der Waals surface area (Å²) < 4.78 is 5.66. The fourth-order valence-electron chi connectivity index (χ4n) is 4.79. The monoisotopic (exact) mass is 356 g/mol. The Morgan fingerprint density at radius 2 is 2.23 bits per heavy atom. The van der Waals surface area contributed by atoms with Crippen LogP contribution in [0.1, 0.15) is 24.5 Å². The van der Waals surface area contributed by atoms with Crippen LogP contribution in [0.25, 0.3) is 10.9 Å². The third-order valence-electron chi connectivity index (χ3n) is 6.28. The van der Waals surface area contributed by atoms with Crippen molar-refractivity contribution in [2.24, 2.45) is 11.8 Å². The smallest absolute Gasteiger partial charge is 0.224 e. The number of ether oxygens (including phenoxy) is 1. The number of methoxy groups -OCH3 is 1. The molecule has 2 bridgehead atoms. The molecule has 6 nitrogen and oxygen atoms in total. The largest absolute Gasteiger partial charge is 0.632 e. The van der Waals surface area contributed by atoms with Gasteiger partial charge in [0, 0.05) is 36.5 Å². The lowest BCUT2D eigenvalue weighted by molar-refractivity contribution is -0.929. The van der Waals surface area contributed by atoms with Crippen LogP contribution in [-0.2, 0) is 0 Å². The molecule has 26 heavy (non-hydrogen) atoms. The van der Waals surface area contributed by atoms with Crippen LogP contribution in [0.5, 0.6) is 5.75 Å². The van der Waals surface area contributed by atoms with E-state index < -0.39 is 12.1 Å². The quantitative estimate of drug-likeness (QED) is 0.395. The average molecular weight is 356 g/mol. The summed E-state index contributed by atoms with van der Waals surface area (Å²) in [5.74, 6) is 1.23. The van der Waals surface area contributed by atoms with Crippen LogP contribution in [0.4, 0.5) is 0 Å². The molecule has 1 N–H and O–H groups in total. The van der Waals surface area contributed by atoms with Crippen molar-refractivity contribution in [2.75, 3.05) is 20.2 Å². The molecule has 0 spiro atoms. The predicted octanol–water partition coefficient (Wildman–Crippen LogP) is 2.42. The van der Waals surface area contributed by atoms with Gasteiger partial charge in [0.1, 0.15) is 17.9 Å². The average Bonchev–Trinajstić information content (AvgIpc) is 2.67. The maximum Gasteiger partial charge on any atom is 0.224 e. The number of piperidine rings is 3. The zero-order chi connectivity index (χ0) is 18.5. The van der Waals surface area contributed by atoms with Crippen molar-refractivity contribution in [1.82, 2.24) is 0 Å². The van der Waals surface area contributed by atoms with Gasteiger partial charge in [-0.2, -0.15) is 4.73 Å². The van der Waals surface area contributed by atoms with Gasteiger partial charge >= 0.3 is 0 Å². The highest BCUT2D eigenvalue weighted by molar-refractivity contribution is 5.81. The van der Waals surface area contributed by atoms with E-state index in [1.807, 2.05) is 6.08 Å². The molecular formula is C20H24N2O4. The van der Waals surface area contributed by atoms with Gasteiger partial charge in [0.2, 0.25) is 5.52 Å². The second kappa shape index (κ2) is 6.23. The molecule has 3 saturated heterocycles. The standard InChI is InChI=1S/C20H24N2O4/c1-3-13-12-22(25)9-7-14(13)10-19(22)20(23)16-6-8-21(24)18-5-4-15(26-2)11-17(16)18/h3-6,8,11,13-14,19-20,23H,1,7,9-10,12H2,2H3/t13-,14-,19-,20+,22?/m0/s1. The van der Waals surface area contributed by atoms with E-state index in [4.69, 9.17) is 4.74 Å². The third kappa shape index (κ3) is 2.57. The minimum Gasteiger partial charge on any atom is -0.632 e.